The van der Waals surface area contributed by atoms with Crippen LogP contribution in [0.1, 0.15) is 41.8 Å². The molecule has 0 unspecified atom stereocenters. The van der Waals surface area contributed by atoms with Crippen molar-refractivity contribution in [3.05, 3.63) is 59.7 Å². The third-order valence-electron chi connectivity index (χ3n) is 4.66. The van der Waals surface area contributed by atoms with Gasteiger partial charge in [-0.3, -0.25) is 4.68 Å². The summed E-state index contributed by atoms with van der Waals surface area (Å²) in [4.78, 5) is 7.13. The van der Waals surface area contributed by atoms with Crippen LogP contribution in [0, 0.1) is 0 Å². The topological polar surface area (TPSA) is 46.8 Å². The van der Waals surface area contributed by atoms with Crippen molar-refractivity contribution in [2.75, 3.05) is 11.4 Å². The molecule has 1 atom stereocenters. The lowest BCUT2D eigenvalue weighted by Crippen LogP contribution is -2.36. The monoisotopic (exact) mass is 323 g/mol. The SMILES string of the molecule is c1ccc2c(c1)CN(c1nc(C3CC3)ns1)C[C@@H]2n1cccn1. The van der Waals surface area contributed by atoms with Gasteiger partial charge in [0.25, 0.3) is 0 Å². The number of benzene rings is 1. The standard InChI is InChI=1S/C17H17N5S/c1-2-5-14-13(4-1)10-21(11-15(14)22-9-3-8-18-22)17-19-16(20-23-17)12-6-7-12/h1-5,8-9,12,15H,6-7,10-11H2/t15-/m0/s1. The van der Waals surface area contributed by atoms with Crippen LogP contribution in [0.2, 0.25) is 0 Å². The second kappa shape index (κ2) is 5.16. The molecule has 6 heteroatoms. The maximum atomic E-state index is 4.79. The number of aromatic nitrogens is 4. The van der Waals surface area contributed by atoms with Crippen molar-refractivity contribution in [3.8, 4) is 0 Å². The van der Waals surface area contributed by atoms with E-state index < -0.39 is 0 Å². The Bertz CT molecular complexity index is 821. The molecule has 2 aromatic heterocycles. The Hall–Kier alpha value is -2.21. The smallest absolute Gasteiger partial charge is 0.205 e. The van der Waals surface area contributed by atoms with Gasteiger partial charge in [0.15, 0.2) is 0 Å². The van der Waals surface area contributed by atoms with Crippen molar-refractivity contribution in [1.29, 1.82) is 0 Å². The molecule has 2 aliphatic rings. The predicted octanol–water partition coefficient (Wildman–Crippen LogP) is 3.22. The molecule has 0 bridgehead atoms. The van der Waals surface area contributed by atoms with Gasteiger partial charge in [-0.05, 0) is 30.0 Å². The molecule has 116 valence electrons. The summed E-state index contributed by atoms with van der Waals surface area (Å²) in [6.45, 7) is 1.78. The Morgan fingerprint density at radius 1 is 1.13 bits per heavy atom. The minimum Gasteiger partial charge on any atom is -0.340 e. The number of rotatable bonds is 3. The molecule has 3 heterocycles. The average Bonchev–Trinajstić information content (AvgIpc) is 3.11. The highest BCUT2D eigenvalue weighted by molar-refractivity contribution is 7.09. The molecular formula is C17H17N5S. The maximum absolute atomic E-state index is 4.79. The highest BCUT2D eigenvalue weighted by Crippen LogP contribution is 2.40. The van der Waals surface area contributed by atoms with Gasteiger partial charge in [-0.1, -0.05) is 24.3 Å². The molecule has 0 radical (unpaired) electrons. The fraction of sp³-hybridized carbons (Fsp3) is 0.353. The van der Waals surface area contributed by atoms with E-state index in [1.165, 1.54) is 35.5 Å². The van der Waals surface area contributed by atoms with E-state index in [1.54, 1.807) is 0 Å². The van der Waals surface area contributed by atoms with Crippen LogP contribution >= 0.6 is 11.5 Å². The van der Waals surface area contributed by atoms with Crippen LogP contribution in [0.3, 0.4) is 0 Å². The van der Waals surface area contributed by atoms with Gasteiger partial charge in [0.2, 0.25) is 5.13 Å². The summed E-state index contributed by atoms with van der Waals surface area (Å²) in [5, 5.41) is 5.51. The van der Waals surface area contributed by atoms with Gasteiger partial charge in [-0.2, -0.15) is 9.47 Å². The average molecular weight is 323 g/mol. The summed E-state index contributed by atoms with van der Waals surface area (Å²) < 4.78 is 6.61. The van der Waals surface area contributed by atoms with Crippen LogP contribution < -0.4 is 4.90 Å². The molecule has 0 saturated heterocycles. The van der Waals surface area contributed by atoms with E-state index >= 15 is 0 Å². The molecule has 1 aromatic carbocycles. The molecular weight excluding hydrogens is 306 g/mol. The van der Waals surface area contributed by atoms with Gasteiger partial charge in [-0.15, -0.1) is 0 Å². The molecule has 3 aromatic rings. The van der Waals surface area contributed by atoms with Crippen molar-refractivity contribution in [2.45, 2.75) is 31.3 Å². The third-order valence-corrected chi connectivity index (χ3v) is 5.45. The largest absolute Gasteiger partial charge is 0.340 e. The Morgan fingerprint density at radius 3 is 2.87 bits per heavy atom. The molecule has 5 rings (SSSR count). The maximum Gasteiger partial charge on any atom is 0.205 e. The lowest BCUT2D eigenvalue weighted by atomic mass is 9.96. The van der Waals surface area contributed by atoms with Crippen molar-refractivity contribution >= 4 is 16.7 Å². The summed E-state index contributed by atoms with van der Waals surface area (Å²) in [6, 6.07) is 10.9. The quantitative estimate of drug-likeness (QED) is 0.742. The zero-order valence-corrected chi connectivity index (χ0v) is 13.5. The first kappa shape index (κ1) is 13.2. The van der Waals surface area contributed by atoms with Gasteiger partial charge in [0, 0.05) is 42.9 Å². The molecule has 1 saturated carbocycles. The van der Waals surface area contributed by atoms with E-state index in [2.05, 4.69) is 38.6 Å². The predicted molar refractivity (Wildman–Crippen MR) is 89.7 cm³/mol. The van der Waals surface area contributed by atoms with Crippen LogP contribution in [-0.2, 0) is 6.54 Å². The van der Waals surface area contributed by atoms with E-state index in [-0.39, 0.29) is 6.04 Å². The van der Waals surface area contributed by atoms with Gasteiger partial charge in [0.05, 0.1) is 6.04 Å². The van der Waals surface area contributed by atoms with E-state index in [9.17, 15) is 0 Å². The molecule has 1 aliphatic carbocycles. The molecule has 0 N–H and O–H groups in total. The minimum atomic E-state index is 0.225. The number of nitrogens with zero attached hydrogens (tertiary/aromatic N) is 5. The third kappa shape index (κ3) is 2.34. The number of fused-ring (bicyclic) bond motifs is 1. The summed E-state index contributed by atoms with van der Waals surface area (Å²) in [5.74, 6) is 1.65. The highest BCUT2D eigenvalue weighted by Gasteiger charge is 2.31. The Labute approximate surface area is 138 Å². The highest BCUT2D eigenvalue weighted by atomic mass is 32.1. The Morgan fingerprint density at radius 2 is 2.04 bits per heavy atom. The van der Waals surface area contributed by atoms with Crippen LogP contribution in [0.25, 0.3) is 0 Å². The Kier molecular flexibility index (Phi) is 2.97. The zero-order valence-electron chi connectivity index (χ0n) is 12.7. The Balaban J connectivity index is 1.52. The van der Waals surface area contributed by atoms with Crippen molar-refractivity contribution < 1.29 is 0 Å². The molecule has 23 heavy (non-hydrogen) atoms. The normalized spacial score (nSPS) is 20.5. The van der Waals surface area contributed by atoms with E-state index in [0.717, 1.165) is 24.0 Å². The van der Waals surface area contributed by atoms with Crippen LogP contribution in [0.4, 0.5) is 5.13 Å². The number of anilines is 1. The van der Waals surface area contributed by atoms with E-state index in [0.29, 0.717) is 5.92 Å². The first-order valence-corrected chi connectivity index (χ1v) is 8.81. The van der Waals surface area contributed by atoms with Crippen molar-refractivity contribution in [2.24, 2.45) is 0 Å². The van der Waals surface area contributed by atoms with Crippen LogP contribution in [0.15, 0.2) is 42.7 Å². The summed E-state index contributed by atoms with van der Waals surface area (Å²) in [7, 11) is 0. The molecule has 1 fully saturated rings. The summed E-state index contributed by atoms with van der Waals surface area (Å²) >= 11 is 1.53. The van der Waals surface area contributed by atoms with E-state index in [1.807, 2.05) is 23.1 Å². The second-order valence-corrected chi connectivity index (χ2v) is 7.02. The van der Waals surface area contributed by atoms with Crippen LogP contribution in [0.5, 0.6) is 0 Å². The van der Waals surface area contributed by atoms with Crippen molar-refractivity contribution in [1.82, 2.24) is 19.1 Å². The molecule has 5 nitrogen and oxygen atoms in total. The summed E-state index contributed by atoms with van der Waals surface area (Å²) in [5.41, 5.74) is 2.71. The first-order chi connectivity index (χ1) is 11.4. The molecule has 1 aliphatic heterocycles. The van der Waals surface area contributed by atoms with E-state index in [4.69, 9.17) is 4.98 Å². The molecule has 0 amide bonds. The lowest BCUT2D eigenvalue weighted by molar-refractivity contribution is 0.486. The fourth-order valence-electron chi connectivity index (χ4n) is 3.28. The lowest BCUT2D eigenvalue weighted by Gasteiger charge is -2.34. The van der Waals surface area contributed by atoms with Gasteiger partial charge in [0.1, 0.15) is 5.82 Å². The van der Waals surface area contributed by atoms with Gasteiger partial charge >= 0.3 is 0 Å². The zero-order chi connectivity index (χ0) is 15.2. The fourth-order valence-corrected chi connectivity index (χ4v) is 4.03. The second-order valence-electron chi connectivity index (χ2n) is 6.29. The van der Waals surface area contributed by atoms with Crippen LogP contribution in [-0.4, -0.2) is 25.7 Å². The van der Waals surface area contributed by atoms with Crippen molar-refractivity contribution in [3.63, 3.8) is 0 Å². The van der Waals surface area contributed by atoms with Gasteiger partial charge in [-0.25, -0.2) is 4.98 Å². The number of hydrogen-bond acceptors (Lipinski definition) is 5. The van der Waals surface area contributed by atoms with Gasteiger partial charge < -0.3 is 4.90 Å². The first-order valence-electron chi connectivity index (χ1n) is 8.04. The number of hydrogen-bond donors (Lipinski definition) is 0. The molecule has 0 spiro atoms. The summed E-state index contributed by atoms with van der Waals surface area (Å²) in [6.07, 6.45) is 6.38. The minimum absolute atomic E-state index is 0.225.